The van der Waals surface area contributed by atoms with Gasteiger partial charge < -0.3 is 65.8 Å². The van der Waals surface area contributed by atoms with Crippen LogP contribution in [0.1, 0.15) is 45.7 Å². The number of aliphatic carboxylic acids is 1. The van der Waals surface area contributed by atoms with Gasteiger partial charge in [-0.1, -0.05) is 0 Å². The number of ether oxygens (including phenoxy) is 6. The Morgan fingerprint density at radius 3 is 1.79 bits per heavy atom. The Morgan fingerprint density at radius 1 is 0.657 bits per heavy atom. The molecule has 0 fully saturated rings. The summed E-state index contributed by atoms with van der Waals surface area (Å²) in [5.41, 5.74) is 6.82. The van der Waals surface area contributed by atoms with E-state index in [2.05, 4.69) is 46.5 Å². The molecule has 364 valence electrons. The summed E-state index contributed by atoms with van der Waals surface area (Å²) in [7, 11) is 0. The Labute approximate surface area is 384 Å². The third-order valence-electron chi connectivity index (χ3n) is 9.11. The van der Waals surface area contributed by atoms with Crippen LogP contribution in [0.25, 0.3) is 11.2 Å². The van der Waals surface area contributed by atoms with Gasteiger partial charge in [-0.05, 0) is 55.0 Å². The van der Waals surface area contributed by atoms with Crippen molar-refractivity contribution in [3.63, 3.8) is 0 Å². The number of nitrogens with two attached hydrogens (primary N) is 1. The molecular formula is C43H57FN10O13. The third-order valence-corrected chi connectivity index (χ3v) is 9.11. The van der Waals surface area contributed by atoms with Crippen molar-refractivity contribution in [1.29, 1.82) is 0 Å². The zero-order chi connectivity index (χ0) is 48.1. The summed E-state index contributed by atoms with van der Waals surface area (Å²) in [5, 5.41) is 23.2. The molecule has 0 unspecified atom stereocenters. The normalized spacial score (nSPS) is 11.5. The van der Waals surface area contributed by atoms with Crippen molar-refractivity contribution in [2.24, 2.45) is 0 Å². The Hall–Kier alpha value is -6.70. The van der Waals surface area contributed by atoms with Crippen molar-refractivity contribution in [1.82, 2.24) is 41.2 Å². The molecule has 2 aromatic heterocycles. The number of hydrogen-bond acceptors (Lipinski definition) is 17. The van der Waals surface area contributed by atoms with E-state index in [1.807, 2.05) is 0 Å². The first-order valence-electron chi connectivity index (χ1n) is 21.4. The monoisotopic (exact) mass is 939 g/mol. The van der Waals surface area contributed by atoms with Gasteiger partial charge in [-0.2, -0.15) is 4.98 Å². The van der Waals surface area contributed by atoms with Gasteiger partial charge in [-0.15, -0.1) is 0 Å². The van der Waals surface area contributed by atoms with E-state index in [-0.39, 0.29) is 93.1 Å². The summed E-state index contributed by atoms with van der Waals surface area (Å²) in [4.78, 5) is 87.5. The molecule has 0 spiro atoms. The molecule has 0 saturated carbocycles. The lowest BCUT2D eigenvalue weighted by Gasteiger charge is -2.15. The molecule has 0 aliphatic heterocycles. The second kappa shape index (κ2) is 30.5. The second-order valence-corrected chi connectivity index (χ2v) is 14.2. The quantitative estimate of drug-likeness (QED) is 0.0289. The summed E-state index contributed by atoms with van der Waals surface area (Å²) in [5.74, 6) is -3.34. The van der Waals surface area contributed by atoms with Crippen LogP contribution >= 0.6 is 0 Å². The number of carboxylic acid groups (broad SMARTS) is 1. The minimum absolute atomic E-state index is 0.0458. The van der Waals surface area contributed by atoms with Crippen LogP contribution in [0.15, 0.2) is 59.5 Å². The van der Waals surface area contributed by atoms with Crippen molar-refractivity contribution < 1.29 is 61.9 Å². The topological polar surface area (TPSA) is 319 Å². The molecule has 4 amide bonds. The number of halogens is 1. The molecule has 0 radical (unpaired) electrons. The molecule has 0 saturated heterocycles. The Balaban J connectivity index is 0.889. The van der Waals surface area contributed by atoms with Gasteiger partial charge in [0.05, 0.1) is 97.7 Å². The fourth-order valence-electron chi connectivity index (χ4n) is 5.65. The number of carbonyl (C=O) groups is 5. The van der Waals surface area contributed by atoms with Crippen LogP contribution in [0.4, 0.5) is 16.0 Å². The van der Waals surface area contributed by atoms with E-state index in [4.69, 9.17) is 34.2 Å². The maximum absolute atomic E-state index is 13.0. The average molecular weight is 940 g/mol. The highest BCUT2D eigenvalue weighted by atomic mass is 18.2. The number of amides is 4. The zero-order valence-electron chi connectivity index (χ0n) is 36.9. The van der Waals surface area contributed by atoms with Gasteiger partial charge in [0.2, 0.25) is 17.8 Å². The number of anilines is 2. The van der Waals surface area contributed by atoms with Crippen LogP contribution in [0.3, 0.4) is 0 Å². The maximum Gasteiger partial charge on any atom is 0.326 e. The van der Waals surface area contributed by atoms with Crippen molar-refractivity contribution in [3.05, 3.63) is 87.7 Å². The summed E-state index contributed by atoms with van der Waals surface area (Å²) in [6.07, 6.45) is 1.36. The molecule has 0 aliphatic rings. The molecule has 24 heteroatoms. The molecule has 0 aliphatic carbocycles. The molecule has 0 bridgehead atoms. The minimum Gasteiger partial charge on any atom is -0.480 e. The first-order valence-corrected chi connectivity index (χ1v) is 21.4. The highest BCUT2D eigenvalue weighted by Gasteiger charge is 2.22. The van der Waals surface area contributed by atoms with Gasteiger partial charge in [0.1, 0.15) is 11.9 Å². The summed E-state index contributed by atoms with van der Waals surface area (Å²) >= 11 is 0. The standard InChI is InChI=1S/C43H57FN10O13/c44-31-5-1-29(2-6-31)39(57)48-13-12-46-36(56)11-15-62-17-19-64-21-23-66-25-26-67-24-22-65-20-18-63-16-14-47-35(55)10-9-34(42(60)61)52-40(58)30-3-7-32(8-4-30)49-27-33-28-50-38-37(51-33)41(59)54-43(45)53-38/h1-8,28,34,49H,9-27H2,(H,46,56)(H,47,55)(H,48,57)(H,52,58)(H,60,61)(H3,45,50,53,54,59)/t34-/m0/s1/i44-1. The molecule has 4 aromatic rings. The van der Waals surface area contributed by atoms with Crippen LogP contribution in [-0.4, -0.2) is 160 Å². The lowest BCUT2D eigenvalue weighted by Crippen LogP contribution is -2.41. The predicted molar refractivity (Wildman–Crippen MR) is 239 cm³/mol. The number of carbonyl (C=O) groups excluding carboxylic acids is 4. The van der Waals surface area contributed by atoms with Crippen LogP contribution < -0.4 is 37.9 Å². The first-order chi connectivity index (χ1) is 32.5. The van der Waals surface area contributed by atoms with Gasteiger partial charge >= 0.3 is 5.97 Å². The second-order valence-electron chi connectivity index (χ2n) is 14.2. The van der Waals surface area contributed by atoms with Gasteiger partial charge in [0, 0.05) is 49.3 Å². The summed E-state index contributed by atoms with van der Waals surface area (Å²) < 4.78 is 45.6. The number of carboxylic acids is 1. The molecule has 1 atom stereocenters. The number of fused-ring (bicyclic) bond motifs is 1. The lowest BCUT2D eigenvalue weighted by atomic mass is 10.1. The highest BCUT2D eigenvalue weighted by molar-refractivity contribution is 5.97. The summed E-state index contributed by atoms with van der Waals surface area (Å²) in [6, 6.07) is 10.1. The first kappa shape index (κ1) is 52.9. The Kier molecular flexibility index (Phi) is 24.1. The van der Waals surface area contributed by atoms with Crippen LogP contribution in [0.2, 0.25) is 0 Å². The molecule has 23 nitrogen and oxygen atoms in total. The van der Waals surface area contributed by atoms with E-state index in [0.29, 0.717) is 83.0 Å². The molecule has 4 rings (SSSR count). The lowest BCUT2D eigenvalue weighted by molar-refractivity contribution is -0.139. The largest absolute Gasteiger partial charge is 0.480 e. The SMILES string of the molecule is Nc1nc2ncc(CNc3ccc(C(=O)N[C@@H](CCC(=O)NCCOCCOCCOCCOCCOCCOCCC(=O)NCCNC(=O)c4ccc([18F])cc4)C(=O)O)cc3)nc2c(=O)[nH]1. The Morgan fingerprint density at radius 2 is 1.18 bits per heavy atom. The number of nitrogens with zero attached hydrogens (tertiary/aromatic N) is 3. The molecule has 67 heavy (non-hydrogen) atoms. The maximum atomic E-state index is 13.0. The van der Waals surface area contributed by atoms with Crippen LogP contribution in [-0.2, 0) is 49.3 Å². The number of hydrogen-bond donors (Lipinski definition) is 8. The van der Waals surface area contributed by atoms with E-state index < -0.39 is 35.2 Å². The van der Waals surface area contributed by atoms with Gasteiger partial charge in [-0.3, -0.25) is 29.0 Å². The smallest absolute Gasteiger partial charge is 0.326 e. The number of H-pyrrole nitrogens is 1. The van der Waals surface area contributed by atoms with E-state index in [1.165, 1.54) is 42.6 Å². The number of nitrogen functional groups attached to an aromatic ring is 1. The van der Waals surface area contributed by atoms with Crippen molar-refractivity contribution in [2.45, 2.75) is 31.8 Å². The number of aromatic nitrogens is 4. The van der Waals surface area contributed by atoms with Crippen molar-refractivity contribution in [3.8, 4) is 0 Å². The molecular weight excluding hydrogens is 883 g/mol. The number of nitrogens with one attached hydrogen (secondary N) is 6. The van der Waals surface area contributed by atoms with E-state index in [0.717, 1.165) is 0 Å². The summed E-state index contributed by atoms with van der Waals surface area (Å²) in [6.45, 7) is 4.88. The number of aromatic amines is 1. The number of rotatable bonds is 34. The fraction of sp³-hybridized carbons (Fsp3) is 0.465. The molecule has 2 heterocycles. The van der Waals surface area contributed by atoms with Crippen molar-refractivity contribution >= 4 is 52.4 Å². The molecule has 2 aromatic carbocycles. The van der Waals surface area contributed by atoms with Crippen molar-refractivity contribution in [2.75, 3.05) is 110 Å². The average Bonchev–Trinajstić information content (AvgIpc) is 3.31. The predicted octanol–water partition coefficient (Wildman–Crippen LogP) is 0.162. The molecule has 9 N–H and O–H groups in total. The third kappa shape index (κ3) is 21.4. The van der Waals surface area contributed by atoms with Gasteiger partial charge in [0.25, 0.3) is 17.4 Å². The van der Waals surface area contributed by atoms with E-state index >= 15 is 0 Å². The van der Waals surface area contributed by atoms with Crippen LogP contribution in [0, 0.1) is 5.82 Å². The fourth-order valence-corrected chi connectivity index (χ4v) is 5.65. The zero-order valence-corrected chi connectivity index (χ0v) is 36.9. The van der Waals surface area contributed by atoms with Gasteiger partial charge in [0.15, 0.2) is 11.2 Å². The number of benzene rings is 2. The highest BCUT2D eigenvalue weighted by Crippen LogP contribution is 2.13. The minimum atomic E-state index is -1.29. The van der Waals surface area contributed by atoms with Gasteiger partial charge in [-0.25, -0.2) is 19.2 Å². The van der Waals surface area contributed by atoms with E-state index in [9.17, 15) is 38.3 Å². The van der Waals surface area contributed by atoms with Crippen LogP contribution in [0.5, 0.6) is 0 Å². The van der Waals surface area contributed by atoms with E-state index in [1.54, 1.807) is 12.1 Å². The Bertz CT molecular complexity index is 2220.